The third-order valence-electron chi connectivity index (χ3n) is 3.75. The van der Waals surface area contributed by atoms with Crippen LogP contribution in [0.1, 0.15) is 6.92 Å². The Hall–Kier alpha value is -0.860. The fourth-order valence-corrected chi connectivity index (χ4v) is 4.88. The van der Waals surface area contributed by atoms with Crippen molar-refractivity contribution >= 4 is 39.1 Å². The Morgan fingerprint density at radius 3 is 2.14 bits per heavy atom. The van der Waals surface area contributed by atoms with Gasteiger partial charge in [-0.2, -0.15) is 4.31 Å². The lowest BCUT2D eigenvalue weighted by atomic mass is 10.2. The molecule has 9 heteroatoms. The maximum Gasteiger partial charge on any atom is 0.246 e. The van der Waals surface area contributed by atoms with Gasteiger partial charge in [0.15, 0.2) is 0 Å². The molecule has 6 nitrogen and oxygen atoms in total. The van der Waals surface area contributed by atoms with Crippen LogP contribution in [0.15, 0.2) is 23.1 Å². The first-order valence-corrected chi connectivity index (χ1v) is 8.92. The summed E-state index contributed by atoms with van der Waals surface area (Å²) in [6, 6.07) is 4.15. The number of amides is 1. The van der Waals surface area contributed by atoms with E-state index in [0.29, 0.717) is 13.1 Å². The molecule has 1 heterocycles. The Bertz CT molecular complexity index is 653. The number of nitrogens with zero attached hydrogens (tertiary/aromatic N) is 2. The van der Waals surface area contributed by atoms with Crippen LogP contribution in [0.25, 0.3) is 0 Å². The second-order valence-electron chi connectivity index (χ2n) is 5.07. The van der Waals surface area contributed by atoms with Gasteiger partial charge in [0.25, 0.3) is 0 Å². The van der Waals surface area contributed by atoms with Crippen molar-refractivity contribution in [3.63, 3.8) is 0 Å². The third-order valence-corrected chi connectivity index (χ3v) is 6.60. The van der Waals surface area contributed by atoms with Crippen molar-refractivity contribution in [2.75, 3.05) is 26.2 Å². The summed E-state index contributed by atoms with van der Waals surface area (Å²) >= 11 is 12.0. The number of hydrogen-bond acceptors (Lipinski definition) is 4. The summed E-state index contributed by atoms with van der Waals surface area (Å²) < 4.78 is 26.7. The lowest BCUT2D eigenvalue weighted by Crippen LogP contribution is -2.54. The number of primary amides is 1. The number of nitrogens with two attached hydrogens (primary N) is 1. The molecule has 1 aromatic rings. The second kappa shape index (κ2) is 6.72. The van der Waals surface area contributed by atoms with Crippen molar-refractivity contribution < 1.29 is 13.2 Å². The molecule has 122 valence electrons. The molecule has 1 atom stereocenters. The second-order valence-corrected chi connectivity index (χ2v) is 7.76. The Balaban J connectivity index is 2.19. The minimum absolute atomic E-state index is 0.0743. The van der Waals surface area contributed by atoms with Crippen molar-refractivity contribution in [1.82, 2.24) is 9.21 Å². The monoisotopic (exact) mass is 365 g/mol. The zero-order chi connectivity index (χ0) is 16.5. The van der Waals surface area contributed by atoms with E-state index >= 15 is 0 Å². The smallest absolute Gasteiger partial charge is 0.246 e. The molecular weight excluding hydrogens is 349 g/mol. The summed E-state index contributed by atoms with van der Waals surface area (Å²) in [7, 11) is -3.77. The van der Waals surface area contributed by atoms with E-state index in [0.717, 1.165) is 0 Å². The SMILES string of the molecule is C[C@@H](C(N)=O)N1CCN(S(=O)(=O)c2c(Cl)cccc2Cl)CC1. The summed E-state index contributed by atoms with van der Waals surface area (Å²) in [5.41, 5.74) is 5.27. The molecule has 2 rings (SSSR count). The quantitative estimate of drug-likeness (QED) is 0.867. The Morgan fingerprint density at radius 2 is 1.68 bits per heavy atom. The molecule has 0 aromatic heterocycles. The molecule has 22 heavy (non-hydrogen) atoms. The highest BCUT2D eigenvalue weighted by atomic mass is 35.5. The highest BCUT2D eigenvalue weighted by molar-refractivity contribution is 7.89. The first-order chi connectivity index (χ1) is 10.2. The number of carbonyl (C=O) groups excluding carboxylic acids is 1. The summed E-state index contributed by atoms with van der Waals surface area (Å²) in [6.45, 7) is 3.05. The average molecular weight is 366 g/mol. The van der Waals surface area contributed by atoms with Gasteiger partial charge in [-0.15, -0.1) is 0 Å². The average Bonchev–Trinajstić information content (AvgIpc) is 2.46. The predicted octanol–water partition coefficient (Wildman–Crippen LogP) is 1.17. The van der Waals surface area contributed by atoms with Gasteiger partial charge in [-0.05, 0) is 19.1 Å². The number of sulfonamides is 1. The first-order valence-electron chi connectivity index (χ1n) is 6.72. The minimum atomic E-state index is -3.77. The van der Waals surface area contributed by atoms with Crippen molar-refractivity contribution in [2.45, 2.75) is 17.9 Å². The van der Waals surface area contributed by atoms with Crippen LogP contribution in [0.2, 0.25) is 10.0 Å². The van der Waals surface area contributed by atoms with Crippen LogP contribution in [-0.2, 0) is 14.8 Å². The highest BCUT2D eigenvalue weighted by Gasteiger charge is 2.33. The normalized spacial score (nSPS) is 19.0. The molecule has 0 bridgehead atoms. The first kappa shape index (κ1) is 17.5. The van der Waals surface area contributed by atoms with Crippen molar-refractivity contribution in [3.05, 3.63) is 28.2 Å². The number of hydrogen-bond donors (Lipinski definition) is 1. The van der Waals surface area contributed by atoms with E-state index in [4.69, 9.17) is 28.9 Å². The summed E-state index contributed by atoms with van der Waals surface area (Å²) in [6.07, 6.45) is 0. The van der Waals surface area contributed by atoms with Gasteiger partial charge in [-0.1, -0.05) is 29.3 Å². The topological polar surface area (TPSA) is 83.7 Å². The molecule has 1 fully saturated rings. The molecule has 1 aliphatic rings. The van der Waals surface area contributed by atoms with Gasteiger partial charge in [-0.3, -0.25) is 9.69 Å². The number of benzene rings is 1. The Labute approximate surface area is 139 Å². The lowest BCUT2D eigenvalue weighted by Gasteiger charge is -2.36. The summed E-state index contributed by atoms with van der Waals surface area (Å²) in [4.78, 5) is 13.0. The van der Waals surface area contributed by atoms with Crippen molar-refractivity contribution in [3.8, 4) is 0 Å². The van der Waals surface area contributed by atoms with E-state index in [9.17, 15) is 13.2 Å². The molecule has 0 radical (unpaired) electrons. The maximum atomic E-state index is 12.7. The Morgan fingerprint density at radius 1 is 1.18 bits per heavy atom. The minimum Gasteiger partial charge on any atom is -0.368 e. The standard InChI is InChI=1S/C13H17Cl2N3O3S/c1-9(13(16)19)17-5-7-18(8-6-17)22(20,21)12-10(14)3-2-4-11(12)15/h2-4,9H,5-8H2,1H3,(H2,16,19)/t9-/m0/s1. The third kappa shape index (κ3) is 3.38. The molecule has 1 aromatic carbocycles. The van der Waals surface area contributed by atoms with E-state index in [1.165, 1.54) is 16.4 Å². The molecule has 0 aliphatic carbocycles. The van der Waals surface area contributed by atoms with Crippen molar-refractivity contribution in [2.24, 2.45) is 5.73 Å². The van der Waals surface area contributed by atoms with Crippen LogP contribution in [0, 0.1) is 0 Å². The van der Waals surface area contributed by atoms with Gasteiger partial charge in [-0.25, -0.2) is 8.42 Å². The van der Waals surface area contributed by atoms with Crippen LogP contribution in [0.5, 0.6) is 0 Å². The molecule has 2 N–H and O–H groups in total. The maximum absolute atomic E-state index is 12.7. The zero-order valence-corrected chi connectivity index (χ0v) is 14.3. The fraction of sp³-hybridized carbons (Fsp3) is 0.462. The van der Waals surface area contributed by atoms with Crippen LogP contribution >= 0.6 is 23.2 Å². The summed E-state index contributed by atoms with van der Waals surface area (Å²) in [5, 5.41) is 0.195. The molecule has 1 aliphatic heterocycles. The van der Waals surface area contributed by atoms with Crippen LogP contribution in [0.4, 0.5) is 0 Å². The van der Waals surface area contributed by atoms with Gasteiger partial charge < -0.3 is 5.73 Å². The Kier molecular flexibility index (Phi) is 5.34. The molecular formula is C13H17Cl2N3O3S. The van der Waals surface area contributed by atoms with Crippen LogP contribution in [-0.4, -0.2) is 55.8 Å². The molecule has 1 amide bonds. The molecule has 0 saturated carbocycles. The van der Waals surface area contributed by atoms with Crippen LogP contribution < -0.4 is 5.73 Å². The number of piperazine rings is 1. The van der Waals surface area contributed by atoms with Gasteiger partial charge in [0.05, 0.1) is 16.1 Å². The predicted molar refractivity (Wildman–Crippen MR) is 85.5 cm³/mol. The van der Waals surface area contributed by atoms with E-state index < -0.39 is 22.0 Å². The largest absolute Gasteiger partial charge is 0.368 e. The molecule has 0 unspecified atom stereocenters. The van der Waals surface area contributed by atoms with Crippen molar-refractivity contribution in [1.29, 1.82) is 0 Å². The van der Waals surface area contributed by atoms with E-state index in [2.05, 4.69) is 0 Å². The van der Waals surface area contributed by atoms with Crippen LogP contribution in [0.3, 0.4) is 0 Å². The van der Waals surface area contributed by atoms with E-state index in [1.807, 2.05) is 4.90 Å². The number of rotatable bonds is 4. The van der Waals surface area contributed by atoms with Gasteiger partial charge >= 0.3 is 0 Å². The number of halogens is 2. The van der Waals surface area contributed by atoms with Gasteiger partial charge in [0.2, 0.25) is 15.9 Å². The summed E-state index contributed by atoms with van der Waals surface area (Å²) in [5.74, 6) is -0.426. The van der Waals surface area contributed by atoms with Gasteiger partial charge in [0.1, 0.15) is 4.90 Å². The number of carbonyl (C=O) groups is 1. The fourth-order valence-electron chi connectivity index (χ4n) is 2.37. The molecule has 1 saturated heterocycles. The molecule has 0 spiro atoms. The highest BCUT2D eigenvalue weighted by Crippen LogP contribution is 2.31. The van der Waals surface area contributed by atoms with Gasteiger partial charge in [0, 0.05) is 26.2 Å². The zero-order valence-electron chi connectivity index (χ0n) is 12.0. The van der Waals surface area contributed by atoms with E-state index in [1.54, 1.807) is 13.0 Å². The van der Waals surface area contributed by atoms with E-state index in [-0.39, 0.29) is 28.0 Å². The lowest BCUT2D eigenvalue weighted by molar-refractivity contribution is -0.123.